The average Bonchev–Trinajstić information content (AvgIpc) is 3.61. The van der Waals surface area contributed by atoms with Gasteiger partial charge in [0.25, 0.3) is 0 Å². The third-order valence-corrected chi connectivity index (χ3v) is 6.85. The van der Waals surface area contributed by atoms with E-state index in [1.807, 2.05) is 19.1 Å². The van der Waals surface area contributed by atoms with Crippen LogP contribution >= 0.6 is 0 Å². The Kier molecular flexibility index (Phi) is 6.04. The van der Waals surface area contributed by atoms with Crippen molar-refractivity contribution in [2.45, 2.75) is 51.9 Å². The monoisotopic (exact) mass is 534 g/mol. The zero-order valence-electron chi connectivity index (χ0n) is 21.6. The van der Waals surface area contributed by atoms with Gasteiger partial charge < -0.3 is 9.30 Å². The molecule has 1 aliphatic rings. The van der Waals surface area contributed by atoms with Crippen molar-refractivity contribution < 1.29 is 17.9 Å². The van der Waals surface area contributed by atoms with Crippen molar-refractivity contribution >= 4 is 11.0 Å². The lowest BCUT2D eigenvalue weighted by molar-refractivity contribution is -0.140. The Morgan fingerprint density at radius 1 is 1.05 bits per heavy atom. The molecule has 12 heteroatoms. The highest BCUT2D eigenvalue weighted by atomic mass is 19.4. The van der Waals surface area contributed by atoms with Gasteiger partial charge in [0.1, 0.15) is 17.7 Å². The fraction of sp³-hybridized carbons (Fsp3) is 0.333. The van der Waals surface area contributed by atoms with Gasteiger partial charge in [-0.25, -0.2) is 29.6 Å². The first-order valence-electron chi connectivity index (χ1n) is 12.6. The van der Waals surface area contributed by atoms with Crippen molar-refractivity contribution in [2.24, 2.45) is 0 Å². The second-order valence-electron chi connectivity index (χ2n) is 9.52. The van der Waals surface area contributed by atoms with Gasteiger partial charge in [0.2, 0.25) is 5.88 Å². The van der Waals surface area contributed by atoms with E-state index in [2.05, 4.69) is 25.0 Å². The largest absolute Gasteiger partial charge is 0.480 e. The molecule has 0 radical (unpaired) electrons. The molecule has 4 aromatic heterocycles. The maximum absolute atomic E-state index is 13.2. The fourth-order valence-corrected chi connectivity index (χ4v) is 4.71. The molecular formula is C27H25F3N8O. The van der Waals surface area contributed by atoms with E-state index in [9.17, 15) is 13.2 Å². The summed E-state index contributed by atoms with van der Waals surface area (Å²) in [7, 11) is 1.57. The minimum atomic E-state index is -4.50. The number of hydrogen-bond acceptors (Lipinski definition) is 7. The second-order valence-corrected chi connectivity index (χ2v) is 9.52. The molecular weight excluding hydrogens is 509 g/mol. The van der Waals surface area contributed by atoms with Gasteiger partial charge in [-0.05, 0) is 32.3 Å². The summed E-state index contributed by atoms with van der Waals surface area (Å²) in [5, 5.41) is 5.50. The summed E-state index contributed by atoms with van der Waals surface area (Å²) in [6, 6.07) is 7.27. The summed E-state index contributed by atoms with van der Waals surface area (Å²) in [5.41, 5.74) is 3.64. The van der Waals surface area contributed by atoms with Gasteiger partial charge in [-0.1, -0.05) is 24.3 Å². The van der Waals surface area contributed by atoms with Crippen LogP contribution in [0.4, 0.5) is 13.2 Å². The van der Waals surface area contributed by atoms with E-state index in [0.29, 0.717) is 47.5 Å². The Bertz CT molecular complexity index is 1670. The minimum Gasteiger partial charge on any atom is -0.480 e. The number of aromatic nitrogens is 8. The van der Waals surface area contributed by atoms with Gasteiger partial charge in [-0.2, -0.15) is 18.3 Å². The van der Waals surface area contributed by atoms with Gasteiger partial charge >= 0.3 is 6.18 Å². The molecule has 5 aromatic rings. The third-order valence-electron chi connectivity index (χ3n) is 6.85. The summed E-state index contributed by atoms with van der Waals surface area (Å²) >= 11 is 0. The number of alkyl halides is 3. The normalized spacial score (nSPS) is 13.8. The highest BCUT2D eigenvalue weighted by Crippen LogP contribution is 2.45. The van der Waals surface area contributed by atoms with E-state index in [1.54, 1.807) is 37.0 Å². The minimum absolute atomic E-state index is 0.277. The van der Waals surface area contributed by atoms with E-state index in [-0.39, 0.29) is 5.82 Å². The second kappa shape index (κ2) is 9.44. The number of aryl methyl sites for hydroxylation is 2. The van der Waals surface area contributed by atoms with Gasteiger partial charge in [0, 0.05) is 30.4 Å². The zero-order chi connectivity index (χ0) is 27.3. The van der Waals surface area contributed by atoms with Gasteiger partial charge in [-0.15, -0.1) is 0 Å². The lowest BCUT2D eigenvalue weighted by atomic mass is 10.1. The molecule has 1 aliphatic carbocycles. The van der Waals surface area contributed by atoms with Crippen molar-refractivity contribution in [3.63, 3.8) is 0 Å². The molecule has 6 rings (SSSR count). The van der Waals surface area contributed by atoms with Crippen LogP contribution in [0.2, 0.25) is 0 Å². The molecule has 1 aromatic carbocycles. The molecule has 200 valence electrons. The van der Waals surface area contributed by atoms with Crippen molar-refractivity contribution in [3.8, 4) is 28.7 Å². The fourth-order valence-electron chi connectivity index (χ4n) is 4.71. The lowest BCUT2D eigenvalue weighted by Crippen LogP contribution is -2.05. The number of halogens is 3. The van der Waals surface area contributed by atoms with Crippen molar-refractivity contribution in [1.82, 2.24) is 39.3 Å². The standard InChI is InChI=1S/C27H25F3N8O/c1-4-37-13-20(27(28,29)30)34-24(37)18-7-5-16(6-8-18)12-38-25-19(15(2)36-38)11-31-23(35-25)21-22(17-9-10-17)32-14-33-26(21)39-3/h5-8,11,13-14,17H,4,9-10,12H2,1-3H3. The smallest absolute Gasteiger partial charge is 0.434 e. The summed E-state index contributed by atoms with van der Waals surface area (Å²) in [4.78, 5) is 22.1. The van der Waals surface area contributed by atoms with E-state index in [4.69, 9.17) is 9.72 Å². The summed E-state index contributed by atoms with van der Waals surface area (Å²) in [5.74, 6) is 1.53. The number of imidazole rings is 1. The van der Waals surface area contributed by atoms with Crippen LogP contribution in [0.5, 0.6) is 5.88 Å². The molecule has 4 heterocycles. The number of benzene rings is 1. The number of rotatable bonds is 7. The number of nitrogens with zero attached hydrogens (tertiary/aromatic N) is 8. The summed E-state index contributed by atoms with van der Waals surface area (Å²) in [6.45, 7) is 4.47. The molecule has 1 fully saturated rings. The molecule has 39 heavy (non-hydrogen) atoms. The molecule has 0 aliphatic heterocycles. The first kappa shape index (κ1) is 25.0. The SMILES string of the molecule is CCn1cc(C(F)(F)F)nc1-c1ccc(Cn2nc(C)c3cnc(-c4c(OC)ncnc4C4CC4)nc32)cc1. The van der Waals surface area contributed by atoms with E-state index < -0.39 is 11.9 Å². The van der Waals surface area contributed by atoms with Crippen LogP contribution in [0.1, 0.15) is 48.3 Å². The maximum atomic E-state index is 13.2. The summed E-state index contributed by atoms with van der Waals surface area (Å²) in [6.07, 6.45) is 1.91. The molecule has 0 N–H and O–H groups in total. The van der Waals surface area contributed by atoms with Crippen molar-refractivity contribution in [2.75, 3.05) is 7.11 Å². The van der Waals surface area contributed by atoms with Crippen LogP contribution in [0.15, 0.2) is 43.0 Å². The Balaban J connectivity index is 1.34. The van der Waals surface area contributed by atoms with Crippen LogP contribution in [0, 0.1) is 6.92 Å². The van der Waals surface area contributed by atoms with Gasteiger partial charge in [0.05, 0.1) is 30.4 Å². The predicted molar refractivity (Wildman–Crippen MR) is 137 cm³/mol. The molecule has 0 saturated heterocycles. The molecule has 0 amide bonds. The molecule has 0 unspecified atom stereocenters. The highest BCUT2D eigenvalue weighted by molar-refractivity contribution is 5.80. The third kappa shape index (κ3) is 4.59. The Morgan fingerprint density at radius 3 is 2.49 bits per heavy atom. The van der Waals surface area contributed by atoms with Gasteiger partial charge in [0.15, 0.2) is 17.2 Å². The van der Waals surface area contributed by atoms with Crippen LogP contribution in [0.25, 0.3) is 33.8 Å². The molecule has 0 atom stereocenters. The van der Waals surface area contributed by atoms with Crippen LogP contribution < -0.4 is 4.74 Å². The first-order valence-corrected chi connectivity index (χ1v) is 12.6. The van der Waals surface area contributed by atoms with Crippen molar-refractivity contribution in [3.05, 3.63) is 65.6 Å². The molecule has 1 saturated carbocycles. The first-order chi connectivity index (χ1) is 18.8. The quantitative estimate of drug-likeness (QED) is 0.275. The molecule has 0 bridgehead atoms. The maximum Gasteiger partial charge on any atom is 0.434 e. The Labute approximate surface area is 221 Å². The zero-order valence-corrected chi connectivity index (χ0v) is 21.6. The Morgan fingerprint density at radius 2 is 1.82 bits per heavy atom. The average molecular weight is 535 g/mol. The predicted octanol–water partition coefficient (Wildman–Crippen LogP) is 5.43. The Hall–Kier alpha value is -4.35. The molecule has 0 spiro atoms. The summed E-state index contributed by atoms with van der Waals surface area (Å²) < 4.78 is 48.4. The molecule has 9 nitrogen and oxygen atoms in total. The number of hydrogen-bond donors (Lipinski definition) is 0. The number of methoxy groups -OCH3 is 1. The van der Waals surface area contributed by atoms with Gasteiger partial charge in [-0.3, -0.25) is 0 Å². The van der Waals surface area contributed by atoms with E-state index in [1.165, 1.54) is 10.9 Å². The van der Waals surface area contributed by atoms with E-state index >= 15 is 0 Å². The van der Waals surface area contributed by atoms with E-state index in [0.717, 1.165) is 41.4 Å². The van der Waals surface area contributed by atoms with Crippen LogP contribution in [-0.4, -0.2) is 46.4 Å². The topological polar surface area (TPSA) is 96.4 Å². The number of fused-ring (bicyclic) bond motifs is 1. The van der Waals surface area contributed by atoms with Crippen LogP contribution in [-0.2, 0) is 19.3 Å². The number of ether oxygens (including phenoxy) is 1. The van der Waals surface area contributed by atoms with Crippen molar-refractivity contribution in [1.29, 1.82) is 0 Å². The van der Waals surface area contributed by atoms with Crippen LogP contribution in [0.3, 0.4) is 0 Å². The lowest BCUT2D eigenvalue weighted by Gasteiger charge is -2.11. The highest BCUT2D eigenvalue weighted by Gasteiger charge is 2.35.